The van der Waals surface area contributed by atoms with E-state index in [1.54, 1.807) is 0 Å². The first-order chi connectivity index (χ1) is 5.59. The van der Waals surface area contributed by atoms with Gasteiger partial charge in [0.15, 0.2) is 6.17 Å². The Labute approximate surface area is 72.5 Å². The molecule has 0 aromatic carbocycles. The molecule has 0 bridgehead atoms. The summed E-state index contributed by atoms with van der Waals surface area (Å²) in [4.78, 5) is 10.9. The third kappa shape index (κ3) is 2.47. The molecule has 0 spiro atoms. The average Bonchev–Trinajstić information content (AvgIpc) is 2.35. The van der Waals surface area contributed by atoms with Crippen LogP contribution in [0.5, 0.6) is 0 Å². The van der Waals surface area contributed by atoms with Crippen LogP contribution >= 0.6 is 0 Å². The fraction of sp³-hybridized carbons (Fsp3) is 0.889. The Morgan fingerprint density at radius 1 is 1.58 bits per heavy atom. The smallest absolute Gasteiger partial charge is 0.254 e. The lowest BCUT2D eigenvalue weighted by Gasteiger charge is -2.12. The molecule has 0 aliphatic heterocycles. The molecule has 0 aromatic rings. The van der Waals surface area contributed by atoms with E-state index in [1.807, 2.05) is 0 Å². The van der Waals surface area contributed by atoms with Crippen LogP contribution in [0, 0.1) is 5.92 Å². The van der Waals surface area contributed by atoms with Crippen molar-refractivity contribution < 1.29 is 9.18 Å². The van der Waals surface area contributed by atoms with Gasteiger partial charge in [-0.25, -0.2) is 4.39 Å². The molecule has 0 radical (unpaired) electrons. The van der Waals surface area contributed by atoms with E-state index < -0.39 is 12.1 Å². The molecule has 1 rings (SSSR count). The second-order valence-electron chi connectivity index (χ2n) is 3.74. The first kappa shape index (κ1) is 9.49. The van der Waals surface area contributed by atoms with Crippen LogP contribution in [-0.4, -0.2) is 18.1 Å². The lowest BCUT2D eigenvalue weighted by Crippen LogP contribution is -2.37. The lowest BCUT2D eigenvalue weighted by atomic mass is 10.1. The quantitative estimate of drug-likeness (QED) is 0.676. The minimum absolute atomic E-state index is 0.214. The highest BCUT2D eigenvalue weighted by atomic mass is 19.1. The van der Waals surface area contributed by atoms with Crippen LogP contribution < -0.4 is 5.32 Å². The van der Waals surface area contributed by atoms with Crippen molar-refractivity contribution in [1.82, 2.24) is 5.32 Å². The molecule has 3 heteroatoms. The van der Waals surface area contributed by atoms with Crippen molar-refractivity contribution in [2.45, 2.75) is 45.3 Å². The third-order valence-corrected chi connectivity index (χ3v) is 2.40. The van der Waals surface area contributed by atoms with Crippen LogP contribution in [0.2, 0.25) is 0 Å². The first-order valence-electron chi connectivity index (χ1n) is 4.54. The SMILES string of the molecule is CC1CCC(NC(=O)C(C)F)C1. The van der Waals surface area contributed by atoms with Crippen molar-refractivity contribution in [3.8, 4) is 0 Å². The van der Waals surface area contributed by atoms with E-state index in [0.29, 0.717) is 5.92 Å². The summed E-state index contributed by atoms with van der Waals surface area (Å²) < 4.78 is 12.4. The number of carbonyl (C=O) groups excluding carboxylic acids is 1. The van der Waals surface area contributed by atoms with Crippen LogP contribution in [0.1, 0.15) is 33.1 Å². The molecule has 0 aromatic heterocycles. The summed E-state index contributed by atoms with van der Waals surface area (Å²) in [5.74, 6) is 0.208. The summed E-state index contributed by atoms with van der Waals surface area (Å²) in [6, 6.07) is 0.214. The monoisotopic (exact) mass is 173 g/mol. The molecule has 1 fully saturated rings. The van der Waals surface area contributed by atoms with Crippen LogP contribution in [-0.2, 0) is 4.79 Å². The van der Waals surface area contributed by atoms with Gasteiger partial charge in [-0.05, 0) is 32.1 Å². The Morgan fingerprint density at radius 3 is 2.67 bits per heavy atom. The van der Waals surface area contributed by atoms with Crippen molar-refractivity contribution >= 4 is 5.91 Å². The van der Waals surface area contributed by atoms with Gasteiger partial charge < -0.3 is 5.32 Å². The van der Waals surface area contributed by atoms with Crippen LogP contribution in [0.4, 0.5) is 4.39 Å². The van der Waals surface area contributed by atoms with Gasteiger partial charge >= 0.3 is 0 Å². The van der Waals surface area contributed by atoms with E-state index in [4.69, 9.17) is 0 Å². The normalized spacial score (nSPS) is 31.6. The number of hydrogen-bond donors (Lipinski definition) is 1. The minimum atomic E-state index is -1.37. The molecule has 3 unspecified atom stereocenters. The van der Waals surface area contributed by atoms with Crippen molar-refractivity contribution in [3.05, 3.63) is 0 Å². The molecule has 1 aliphatic carbocycles. The van der Waals surface area contributed by atoms with Gasteiger partial charge in [-0.15, -0.1) is 0 Å². The summed E-state index contributed by atoms with van der Waals surface area (Å²) in [5.41, 5.74) is 0. The summed E-state index contributed by atoms with van der Waals surface area (Å²) >= 11 is 0. The Morgan fingerprint density at radius 2 is 2.25 bits per heavy atom. The van der Waals surface area contributed by atoms with Crippen molar-refractivity contribution in [1.29, 1.82) is 0 Å². The highest BCUT2D eigenvalue weighted by molar-refractivity contribution is 5.80. The number of nitrogens with one attached hydrogen (secondary N) is 1. The van der Waals surface area contributed by atoms with Crippen LogP contribution in [0.15, 0.2) is 0 Å². The first-order valence-corrected chi connectivity index (χ1v) is 4.54. The molecule has 1 saturated carbocycles. The molecule has 0 heterocycles. The van der Waals surface area contributed by atoms with Gasteiger partial charge in [-0.3, -0.25) is 4.79 Å². The van der Waals surface area contributed by atoms with E-state index >= 15 is 0 Å². The fourth-order valence-corrected chi connectivity index (χ4v) is 1.65. The summed E-state index contributed by atoms with van der Waals surface area (Å²) in [6.45, 7) is 3.43. The third-order valence-electron chi connectivity index (χ3n) is 2.40. The maximum Gasteiger partial charge on any atom is 0.254 e. The van der Waals surface area contributed by atoms with E-state index in [9.17, 15) is 9.18 Å². The molecule has 0 saturated heterocycles. The van der Waals surface area contributed by atoms with Gasteiger partial charge in [0.1, 0.15) is 0 Å². The number of hydrogen-bond acceptors (Lipinski definition) is 1. The molecule has 2 nitrogen and oxygen atoms in total. The Balaban J connectivity index is 2.28. The number of rotatable bonds is 2. The maximum atomic E-state index is 12.4. The molecule has 1 N–H and O–H groups in total. The summed E-state index contributed by atoms with van der Waals surface area (Å²) in [6.07, 6.45) is 1.77. The predicted octanol–water partition coefficient (Wildman–Crippen LogP) is 1.65. The summed E-state index contributed by atoms with van der Waals surface area (Å²) in [5, 5.41) is 2.69. The molecule has 1 aliphatic rings. The number of amides is 1. The van der Waals surface area contributed by atoms with Crippen molar-refractivity contribution in [2.75, 3.05) is 0 Å². The number of halogens is 1. The molecular formula is C9H16FNO. The predicted molar refractivity (Wildman–Crippen MR) is 45.5 cm³/mol. The second kappa shape index (κ2) is 3.87. The largest absolute Gasteiger partial charge is 0.351 e. The molecule has 1 amide bonds. The van der Waals surface area contributed by atoms with E-state index in [1.165, 1.54) is 6.92 Å². The highest BCUT2D eigenvalue weighted by Crippen LogP contribution is 2.24. The fourth-order valence-electron chi connectivity index (χ4n) is 1.65. The van der Waals surface area contributed by atoms with E-state index in [2.05, 4.69) is 12.2 Å². The standard InChI is InChI=1S/C9H16FNO/c1-6-3-4-8(5-6)11-9(12)7(2)10/h6-8H,3-5H2,1-2H3,(H,11,12). The van der Waals surface area contributed by atoms with Gasteiger partial charge in [0, 0.05) is 6.04 Å². The minimum Gasteiger partial charge on any atom is -0.351 e. The van der Waals surface area contributed by atoms with E-state index in [0.717, 1.165) is 19.3 Å². The van der Waals surface area contributed by atoms with E-state index in [-0.39, 0.29) is 6.04 Å². The Kier molecular flexibility index (Phi) is 3.06. The second-order valence-corrected chi connectivity index (χ2v) is 3.74. The van der Waals surface area contributed by atoms with Gasteiger partial charge in [-0.2, -0.15) is 0 Å². The molecule has 3 atom stereocenters. The van der Waals surface area contributed by atoms with Crippen LogP contribution in [0.3, 0.4) is 0 Å². The molecular weight excluding hydrogens is 157 g/mol. The zero-order chi connectivity index (χ0) is 9.14. The van der Waals surface area contributed by atoms with Gasteiger partial charge in [0.2, 0.25) is 0 Å². The molecule has 12 heavy (non-hydrogen) atoms. The topological polar surface area (TPSA) is 29.1 Å². The highest BCUT2D eigenvalue weighted by Gasteiger charge is 2.24. The number of alkyl halides is 1. The maximum absolute atomic E-state index is 12.4. The van der Waals surface area contributed by atoms with Gasteiger partial charge in [0.25, 0.3) is 5.91 Å². The summed E-state index contributed by atoms with van der Waals surface area (Å²) in [7, 11) is 0. The zero-order valence-electron chi connectivity index (χ0n) is 7.64. The average molecular weight is 173 g/mol. The molecule has 70 valence electrons. The van der Waals surface area contributed by atoms with Crippen LogP contribution in [0.25, 0.3) is 0 Å². The van der Waals surface area contributed by atoms with Gasteiger partial charge in [0.05, 0.1) is 0 Å². The number of carbonyl (C=O) groups is 1. The zero-order valence-corrected chi connectivity index (χ0v) is 7.64. The van der Waals surface area contributed by atoms with Gasteiger partial charge in [-0.1, -0.05) is 6.92 Å². The van der Waals surface area contributed by atoms with Crippen molar-refractivity contribution in [2.24, 2.45) is 5.92 Å². The Bertz CT molecular complexity index is 170. The van der Waals surface area contributed by atoms with Crippen molar-refractivity contribution in [3.63, 3.8) is 0 Å². The lowest BCUT2D eigenvalue weighted by molar-refractivity contribution is -0.126. The Hall–Kier alpha value is -0.600.